The summed E-state index contributed by atoms with van der Waals surface area (Å²) in [6.45, 7) is 17.5. The number of benzene rings is 2. The van der Waals surface area contributed by atoms with Gasteiger partial charge in [-0.2, -0.15) is 0 Å². The Bertz CT molecular complexity index is 1030. The van der Waals surface area contributed by atoms with Crippen molar-refractivity contribution in [3.8, 4) is 5.75 Å². The Kier molecular flexibility index (Phi) is 12.0. The van der Waals surface area contributed by atoms with E-state index in [1.165, 1.54) is 47.9 Å². The molecule has 1 unspecified atom stereocenters. The average molecular weight is 544 g/mol. The van der Waals surface area contributed by atoms with Crippen LogP contribution in [0.15, 0.2) is 64.6 Å². The molecule has 1 atom stereocenters. The first-order valence-electron chi connectivity index (χ1n) is 13.3. The molecule has 2 aromatic carbocycles. The van der Waals surface area contributed by atoms with Crippen LogP contribution in [0.1, 0.15) is 74.7 Å². The van der Waals surface area contributed by atoms with Crippen molar-refractivity contribution in [3.05, 3.63) is 54.8 Å². The summed E-state index contributed by atoms with van der Waals surface area (Å²) in [4.78, 5) is 16.8. The van der Waals surface area contributed by atoms with E-state index >= 15 is 0 Å². The van der Waals surface area contributed by atoms with Crippen molar-refractivity contribution in [2.45, 2.75) is 94.8 Å². The van der Waals surface area contributed by atoms with Gasteiger partial charge in [-0.05, 0) is 63.6 Å². The molecule has 0 radical (unpaired) electrons. The predicted octanol–water partition coefficient (Wildman–Crippen LogP) is 9.50. The minimum absolute atomic E-state index is 0.0674. The molecule has 4 nitrogen and oxygen atoms in total. The maximum atomic E-state index is 12.1. The van der Waals surface area contributed by atoms with E-state index in [-0.39, 0.29) is 4.75 Å². The summed E-state index contributed by atoms with van der Waals surface area (Å²) in [6.07, 6.45) is 8.46. The largest absolute Gasteiger partial charge is 0.464 e. The monoisotopic (exact) mass is 543 g/mol. The second-order valence-corrected chi connectivity index (χ2v) is 13.0. The summed E-state index contributed by atoms with van der Waals surface area (Å²) in [6, 6.07) is 15.0. The highest BCUT2D eigenvalue weighted by Gasteiger charge is 2.37. The molecule has 0 bridgehead atoms. The fourth-order valence-electron chi connectivity index (χ4n) is 4.22. The maximum absolute atomic E-state index is 12.1. The highest BCUT2D eigenvalue weighted by atomic mass is 32.2. The zero-order chi connectivity index (χ0) is 27.6. The van der Waals surface area contributed by atoms with Gasteiger partial charge in [0, 0.05) is 21.9 Å². The number of para-hydroxylation sites is 1. The first-order chi connectivity index (χ1) is 17.5. The van der Waals surface area contributed by atoms with Crippen LogP contribution < -0.4 is 9.64 Å². The van der Waals surface area contributed by atoms with Gasteiger partial charge < -0.3 is 14.4 Å². The Labute approximate surface area is 233 Å². The molecule has 1 aliphatic heterocycles. The molecule has 0 spiro atoms. The van der Waals surface area contributed by atoms with Crippen LogP contribution in [0.3, 0.4) is 0 Å². The van der Waals surface area contributed by atoms with Crippen LogP contribution in [0.4, 0.5) is 11.4 Å². The number of ether oxygens (including phenoxy) is 2. The van der Waals surface area contributed by atoms with Gasteiger partial charge in [0.25, 0.3) is 0 Å². The zero-order valence-corrected chi connectivity index (χ0v) is 25.7. The number of rotatable bonds is 8. The van der Waals surface area contributed by atoms with Crippen molar-refractivity contribution >= 4 is 40.9 Å². The van der Waals surface area contributed by atoms with Crippen molar-refractivity contribution in [2.24, 2.45) is 5.92 Å². The Morgan fingerprint density at radius 3 is 2.46 bits per heavy atom. The van der Waals surface area contributed by atoms with Gasteiger partial charge in [-0.1, -0.05) is 65.7 Å². The lowest BCUT2D eigenvalue weighted by Gasteiger charge is -2.34. The topological polar surface area (TPSA) is 38.8 Å². The van der Waals surface area contributed by atoms with E-state index < -0.39 is 11.6 Å². The third-order valence-electron chi connectivity index (χ3n) is 6.08. The molecule has 6 heteroatoms. The normalized spacial score (nSPS) is 16.9. The van der Waals surface area contributed by atoms with Crippen LogP contribution in [0.2, 0.25) is 0 Å². The first-order valence-corrected chi connectivity index (χ1v) is 15.4. The lowest BCUT2D eigenvalue weighted by atomic mass is 9.89. The summed E-state index contributed by atoms with van der Waals surface area (Å²) >= 11 is 3.57. The second kappa shape index (κ2) is 14.2. The molecule has 3 rings (SSSR count). The van der Waals surface area contributed by atoms with Gasteiger partial charge in [0.05, 0.1) is 22.9 Å². The van der Waals surface area contributed by atoms with Crippen molar-refractivity contribution in [3.63, 3.8) is 0 Å². The Morgan fingerprint density at radius 2 is 1.86 bits per heavy atom. The van der Waals surface area contributed by atoms with E-state index in [1.807, 2.05) is 46.4 Å². The minimum Gasteiger partial charge on any atom is -0.464 e. The molecule has 0 aliphatic carbocycles. The smallest absolute Gasteiger partial charge is 0.334 e. The zero-order valence-electron chi connectivity index (χ0n) is 24.1. The molecule has 0 aromatic heterocycles. The standard InChI is InChI=1S/C29H39NO3S2.C2H6/c1-8-9-13-21-20-30(22-14-11-10-12-15-22)23-18-26(34-7)24(19-25(23)35-29(21,5)6)32-17-16-27(31)33-28(2,3)4;1-2/h10-12,14-19,21H,8-9,13,20H2,1-7H3;1-2H3/b17-16+;. The van der Waals surface area contributed by atoms with Crippen LogP contribution in [-0.2, 0) is 9.53 Å². The van der Waals surface area contributed by atoms with E-state index in [0.717, 1.165) is 17.2 Å². The summed E-state index contributed by atoms with van der Waals surface area (Å²) in [5, 5.41) is 0. The van der Waals surface area contributed by atoms with Crippen molar-refractivity contribution < 1.29 is 14.3 Å². The molecular weight excluding hydrogens is 498 g/mol. The number of thioether (sulfide) groups is 2. The SMILES string of the molecule is CC.CCCCC1CN(c2ccccc2)c2cc(SC)c(O/C=C/C(=O)OC(C)(C)C)cc2SC1(C)C. The molecule has 37 heavy (non-hydrogen) atoms. The number of esters is 1. The van der Waals surface area contributed by atoms with Gasteiger partial charge in [-0.25, -0.2) is 4.79 Å². The fourth-order valence-corrected chi connectivity index (χ4v) is 6.12. The minimum atomic E-state index is -0.534. The number of nitrogens with zero attached hydrogens (tertiary/aromatic N) is 1. The molecule has 0 saturated heterocycles. The van der Waals surface area contributed by atoms with Gasteiger partial charge in [0.15, 0.2) is 0 Å². The highest BCUT2D eigenvalue weighted by Crippen LogP contribution is 2.52. The summed E-state index contributed by atoms with van der Waals surface area (Å²) in [7, 11) is 0. The predicted molar refractivity (Wildman–Crippen MR) is 162 cm³/mol. The summed E-state index contributed by atoms with van der Waals surface area (Å²) in [5.41, 5.74) is 1.88. The summed E-state index contributed by atoms with van der Waals surface area (Å²) in [5.74, 6) is 0.871. The Morgan fingerprint density at radius 1 is 1.19 bits per heavy atom. The van der Waals surface area contributed by atoms with E-state index in [9.17, 15) is 4.79 Å². The Balaban J connectivity index is 0.00000235. The summed E-state index contributed by atoms with van der Waals surface area (Å²) < 4.78 is 11.4. The third-order valence-corrected chi connectivity index (χ3v) is 8.24. The quantitative estimate of drug-likeness (QED) is 0.143. The van der Waals surface area contributed by atoms with Gasteiger partial charge in [-0.15, -0.1) is 23.5 Å². The van der Waals surface area contributed by atoms with Crippen molar-refractivity contribution in [2.75, 3.05) is 17.7 Å². The maximum Gasteiger partial charge on any atom is 0.334 e. The molecule has 1 aliphatic rings. The van der Waals surface area contributed by atoms with Crippen LogP contribution in [-0.4, -0.2) is 29.1 Å². The van der Waals surface area contributed by atoms with Gasteiger partial charge in [-0.3, -0.25) is 0 Å². The molecule has 0 N–H and O–H groups in total. The average Bonchev–Trinajstić information content (AvgIpc) is 2.95. The molecule has 0 saturated carbocycles. The highest BCUT2D eigenvalue weighted by molar-refractivity contribution is 8.01. The van der Waals surface area contributed by atoms with Crippen LogP contribution in [0, 0.1) is 5.92 Å². The molecule has 204 valence electrons. The van der Waals surface area contributed by atoms with E-state index in [4.69, 9.17) is 9.47 Å². The first kappa shape index (κ1) is 31.2. The fraction of sp³-hybridized carbons (Fsp3) is 0.516. The van der Waals surface area contributed by atoms with E-state index in [0.29, 0.717) is 5.92 Å². The van der Waals surface area contributed by atoms with Crippen LogP contribution >= 0.6 is 23.5 Å². The van der Waals surface area contributed by atoms with Crippen LogP contribution in [0.25, 0.3) is 0 Å². The molecule has 1 heterocycles. The lowest BCUT2D eigenvalue weighted by Crippen LogP contribution is -2.34. The Hall–Kier alpha value is -2.05. The molecule has 0 fully saturated rings. The number of fused-ring (bicyclic) bond motifs is 1. The van der Waals surface area contributed by atoms with E-state index in [1.54, 1.807) is 11.8 Å². The number of hydrogen-bond acceptors (Lipinski definition) is 6. The molecule has 2 aromatic rings. The van der Waals surface area contributed by atoms with Gasteiger partial charge in [0.2, 0.25) is 0 Å². The molecule has 0 amide bonds. The number of unbranched alkanes of at least 4 members (excludes halogenated alkanes) is 1. The van der Waals surface area contributed by atoms with Crippen LogP contribution in [0.5, 0.6) is 5.75 Å². The van der Waals surface area contributed by atoms with Gasteiger partial charge >= 0.3 is 5.97 Å². The van der Waals surface area contributed by atoms with E-state index in [2.05, 4.69) is 74.4 Å². The van der Waals surface area contributed by atoms with Gasteiger partial charge in [0.1, 0.15) is 11.4 Å². The number of carbonyl (C=O) groups excluding carboxylic acids is 1. The third kappa shape index (κ3) is 9.03. The number of carbonyl (C=O) groups is 1. The molecular formula is C31H45NO3S2. The van der Waals surface area contributed by atoms with Crippen molar-refractivity contribution in [1.82, 2.24) is 0 Å². The number of hydrogen-bond donors (Lipinski definition) is 0. The van der Waals surface area contributed by atoms with Crippen molar-refractivity contribution in [1.29, 1.82) is 0 Å². The lowest BCUT2D eigenvalue weighted by molar-refractivity contribution is -0.148. The number of anilines is 2. The second-order valence-electron chi connectivity index (χ2n) is 10.4.